The molecule has 10 heteroatoms. The van der Waals surface area contributed by atoms with E-state index in [9.17, 15) is 9.59 Å². The fourth-order valence-corrected chi connectivity index (χ4v) is 4.44. The molecule has 0 N–H and O–H groups in total. The van der Waals surface area contributed by atoms with Gasteiger partial charge in [0.05, 0.1) is 19.4 Å². The highest BCUT2D eigenvalue weighted by Gasteiger charge is 2.40. The SMILES string of the molecule is CCOc1cc(/C=C2/C(=O)N(c3ccc(Cl)cc3)C(=S)N2CC(=O)OC)ccc1OCc1ccccc1Cl. The van der Waals surface area contributed by atoms with E-state index in [4.69, 9.17) is 49.6 Å². The number of esters is 1. The zero-order valence-corrected chi connectivity index (χ0v) is 23.0. The van der Waals surface area contributed by atoms with Gasteiger partial charge in [-0.25, -0.2) is 0 Å². The number of carbonyl (C=O) groups is 2. The molecule has 1 heterocycles. The molecule has 7 nitrogen and oxygen atoms in total. The molecule has 4 rings (SSSR count). The van der Waals surface area contributed by atoms with Crippen LogP contribution in [0.2, 0.25) is 10.0 Å². The van der Waals surface area contributed by atoms with E-state index in [-0.39, 0.29) is 24.0 Å². The number of nitrogens with zero attached hydrogens (tertiary/aromatic N) is 2. The minimum atomic E-state index is -0.540. The largest absolute Gasteiger partial charge is 0.490 e. The van der Waals surface area contributed by atoms with E-state index in [1.54, 1.807) is 54.6 Å². The van der Waals surface area contributed by atoms with Crippen molar-refractivity contribution in [3.8, 4) is 11.5 Å². The highest BCUT2D eigenvalue weighted by Crippen LogP contribution is 2.33. The van der Waals surface area contributed by atoms with Crippen LogP contribution < -0.4 is 14.4 Å². The molecule has 0 aromatic heterocycles. The molecular weight excluding hydrogens is 547 g/mol. The van der Waals surface area contributed by atoms with Crippen molar-refractivity contribution in [3.05, 3.63) is 93.6 Å². The van der Waals surface area contributed by atoms with Crippen LogP contribution in [0.15, 0.2) is 72.4 Å². The summed E-state index contributed by atoms with van der Waals surface area (Å²) in [7, 11) is 1.28. The molecule has 0 atom stereocenters. The van der Waals surface area contributed by atoms with Gasteiger partial charge in [0, 0.05) is 15.6 Å². The van der Waals surface area contributed by atoms with Gasteiger partial charge in [-0.05, 0) is 73.2 Å². The van der Waals surface area contributed by atoms with Crippen molar-refractivity contribution >= 4 is 64.2 Å². The maximum Gasteiger partial charge on any atom is 0.325 e. The lowest BCUT2D eigenvalue weighted by molar-refractivity contribution is -0.140. The average molecular weight is 571 g/mol. The number of ether oxygens (including phenoxy) is 3. The molecule has 1 fully saturated rings. The van der Waals surface area contributed by atoms with Crippen LogP contribution in [0.5, 0.6) is 11.5 Å². The average Bonchev–Trinajstić information content (AvgIpc) is 3.13. The number of halogens is 2. The Kier molecular flexibility index (Phi) is 8.89. The predicted octanol–water partition coefficient (Wildman–Crippen LogP) is 6.12. The standard InChI is InChI=1S/C28H24Cl2N2O5S/c1-3-36-25-15-18(8-13-24(25)37-17-19-6-4-5-7-22(19)30)14-23-27(34)32(21-11-9-20(29)10-12-21)28(38)31(23)16-26(33)35-2/h4-15H,3,16-17H2,1-2H3/b23-14-. The van der Waals surface area contributed by atoms with E-state index in [0.29, 0.717) is 39.4 Å². The van der Waals surface area contributed by atoms with Crippen LogP contribution in [0.4, 0.5) is 5.69 Å². The van der Waals surface area contributed by atoms with Crippen molar-refractivity contribution in [2.75, 3.05) is 25.2 Å². The Hall–Kier alpha value is -3.59. The van der Waals surface area contributed by atoms with Crippen LogP contribution >= 0.6 is 35.4 Å². The van der Waals surface area contributed by atoms with E-state index in [2.05, 4.69) is 0 Å². The van der Waals surface area contributed by atoms with E-state index in [1.807, 2.05) is 25.1 Å². The van der Waals surface area contributed by atoms with Gasteiger partial charge in [0.25, 0.3) is 5.91 Å². The van der Waals surface area contributed by atoms with Crippen LogP contribution in [0.1, 0.15) is 18.1 Å². The number of methoxy groups -OCH3 is 1. The molecule has 0 unspecified atom stereocenters. The minimum Gasteiger partial charge on any atom is -0.490 e. The molecule has 0 bridgehead atoms. The zero-order chi connectivity index (χ0) is 27.2. The molecule has 1 aliphatic rings. The van der Waals surface area contributed by atoms with Crippen molar-refractivity contribution in [2.24, 2.45) is 0 Å². The quantitative estimate of drug-likeness (QED) is 0.174. The van der Waals surface area contributed by atoms with E-state index < -0.39 is 11.9 Å². The molecule has 196 valence electrons. The summed E-state index contributed by atoms with van der Waals surface area (Å²) in [6.07, 6.45) is 1.65. The summed E-state index contributed by atoms with van der Waals surface area (Å²) in [5, 5.41) is 1.28. The Morgan fingerprint density at radius 2 is 1.74 bits per heavy atom. The highest BCUT2D eigenvalue weighted by atomic mass is 35.5. The fourth-order valence-electron chi connectivity index (χ4n) is 3.78. The lowest BCUT2D eigenvalue weighted by atomic mass is 10.1. The second-order valence-electron chi connectivity index (χ2n) is 8.11. The first-order valence-corrected chi connectivity index (χ1v) is 12.8. The van der Waals surface area contributed by atoms with Crippen LogP contribution in [-0.4, -0.2) is 42.2 Å². The molecule has 3 aromatic rings. The molecule has 0 radical (unpaired) electrons. The summed E-state index contributed by atoms with van der Waals surface area (Å²) in [5.41, 5.74) is 2.23. The summed E-state index contributed by atoms with van der Waals surface area (Å²) >= 11 is 17.9. The van der Waals surface area contributed by atoms with Gasteiger partial charge in [0.15, 0.2) is 16.6 Å². The third-order valence-corrected chi connectivity index (χ3v) is 6.67. The Morgan fingerprint density at radius 3 is 2.42 bits per heavy atom. The zero-order valence-electron chi connectivity index (χ0n) is 20.6. The Balaban J connectivity index is 1.67. The Morgan fingerprint density at radius 1 is 1.00 bits per heavy atom. The predicted molar refractivity (Wildman–Crippen MR) is 152 cm³/mol. The van der Waals surface area contributed by atoms with Crippen molar-refractivity contribution in [1.29, 1.82) is 0 Å². The molecule has 3 aromatic carbocycles. The van der Waals surface area contributed by atoms with Crippen LogP contribution in [0.3, 0.4) is 0 Å². The maximum atomic E-state index is 13.5. The second kappa shape index (κ2) is 12.3. The van der Waals surface area contributed by atoms with Crippen molar-refractivity contribution < 1.29 is 23.8 Å². The van der Waals surface area contributed by atoms with Crippen LogP contribution in [0, 0.1) is 0 Å². The number of hydrogen-bond acceptors (Lipinski definition) is 6. The molecule has 1 amide bonds. The monoisotopic (exact) mass is 570 g/mol. The van der Waals surface area contributed by atoms with Gasteiger partial charge < -0.3 is 19.1 Å². The normalized spacial score (nSPS) is 14.3. The number of benzene rings is 3. The third kappa shape index (κ3) is 6.10. The number of amides is 1. The Labute approximate surface area is 236 Å². The first-order chi connectivity index (χ1) is 18.3. The van der Waals surface area contributed by atoms with Crippen LogP contribution in [0.25, 0.3) is 6.08 Å². The van der Waals surface area contributed by atoms with Crippen molar-refractivity contribution in [1.82, 2.24) is 4.90 Å². The summed E-state index contributed by atoms with van der Waals surface area (Å²) in [6.45, 7) is 2.30. The third-order valence-electron chi connectivity index (χ3n) is 5.65. The molecular formula is C28H24Cl2N2O5S. The lowest BCUT2D eigenvalue weighted by Gasteiger charge is -2.19. The summed E-state index contributed by atoms with van der Waals surface area (Å²) in [5.74, 6) is 0.0907. The highest BCUT2D eigenvalue weighted by molar-refractivity contribution is 7.80. The first-order valence-electron chi connectivity index (χ1n) is 11.7. The van der Waals surface area contributed by atoms with E-state index in [0.717, 1.165) is 5.56 Å². The van der Waals surface area contributed by atoms with Crippen molar-refractivity contribution in [3.63, 3.8) is 0 Å². The Bertz CT molecular complexity index is 1390. The number of rotatable bonds is 9. The summed E-state index contributed by atoms with van der Waals surface area (Å²) in [6, 6.07) is 19.4. The van der Waals surface area contributed by atoms with Gasteiger partial charge in [0.2, 0.25) is 0 Å². The molecule has 1 aliphatic heterocycles. The number of hydrogen-bond donors (Lipinski definition) is 0. The molecule has 1 saturated heterocycles. The number of carbonyl (C=O) groups excluding carboxylic acids is 2. The van der Waals surface area contributed by atoms with E-state index in [1.165, 1.54) is 16.9 Å². The minimum absolute atomic E-state index is 0.152. The summed E-state index contributed by atoms with van der Waals surface area (Å²) in [4.78, 5) is 28.5. The number of thiocarbonyl (C=S) groups is 1. The summed E-state index contributed by atoms with van der Waals surface area (Å²) < 4.78 is 16.6. The van der Waals surface area contributed by atoms with E-state index >= 15 is 0 Å². The lowest BCUT2D eigenvalue weighted by Crippen LogP contribution is -2.35. The molecule has 0 spiro atoms. The van der Waals surface area contributed by atoms with Gasteiger partial charge in [-0.1, -0.05) is 47.5 Å². The van der Waals surface area contributed by atoms with Gasteiger partial charge >= 0.3 is 5.97 Å². The fraction of sp³-hybridized carbons (Fsp3) is 0.179. The first kappa shape index (κ1) is 27.4. The number of anilines is 1. The smallest absolute Gasteiger partial charge is 0.325 e. The van der Waals surface area contributed by atoms with Gasteiger partial charge in [-0.15, -0.1) is 0 Å². The molecule has 38 heavy (non-hydrogen) atoms. The van der Waals surface area contributed by atoms with Crippen LogP contribution in [-0.2, 0) is 20.9 Å². The molecule has 0 saturated carbocycles. The second-order valence-corrected chi connectivity index (χ2v) is 9.32. The van der Waals surface area contributed by atoms with Gasteiger partial charge in [0.1, 0.15) is 18.8 Å². The van der Waals surface area contributed by atoms with Gasteiger partial charge in [-0.2, -0.15) is 0 Å². The van der Waals surface area contributed by atoms with Crippen molar-refractivity contribution in [2.45, 2.75) is 13.5 Å². The molecule has 0 aliphatic carbocycles. The van der Waals surface area contributed by atoms with Gasteiger partial charge in [-0.3, -0.25) is 14.5 Å². The maximum absolute atomic E-state index is 13.5. The topological polar surface area (TPSA) is 68.3 Å².